The molecule has 0 aliphatic carbocycles. The predicted molar refractivity (Wildman–Crippen MR) is 107 cm³/mol. The molecule has 0 spiro atoms. The van der Waals surface area contributed by atoms with Crippen LogP contribution in [0.5, 0.6) is 5.75 Å². The minimum absolute atomic E-state index is 0.0775. The number of nitrogens with zero attached hydrogens (tertiary/aromatic N) is 3. The lowest BCUT2D eigenvalue weighted by Crippen LogP contribution is -2.45. The summed E-state index contributed by atoms with van der Waals surface area (Å²) >= 11 is 0. The van der Waals surface area contributed by atoms with Gasteiger partial charge in [-0.05, 0) is 36.6 Å². The Morgan fingerprint density at radius 3 is 2.82 bits per heavy atom. The van der Waals surface area contributed by atoms with Gasteiger partial charge in [-0.2, -0.15) is 0 Å². The number of ether oxygens (including phenoxy) is 1. The second-order valence-corrected chi connectivity index (χ2v) is 7.32. The standard InChI is InChI=1S/C22H27N3O3/c1-16-12-23-11-10-17(16)13-24(2)22(27)19-8-9-21(26)25(15-19)14-18-6-4-5-7-20(18)28-3/h4-7,10-12,19H,8-9,13-15H2,1-3H3. The first-order valence-electron chi connectivity index (χ1n) is 9.53. The monoisotopic (exact) mass is 381 g/mol. The molecule has 28 heavy (non-hydrogen) atoms. The van der Waals surface area contributed by atoms with Crippen molar-refractivity contribution < 1.29 is 14.3 Å². The third-order valence-electron chi connectivity index (χ3n) is 5.32. The molecule has 2 aromatic rings. The van der Waals surface area contributed by atoms with E-state index in [1.165, 1.54) is 0 Å². The van der Waals surface area contributed by atoms with Crippen molar-refractivity contribution in [2.24, 2.45) is 5.92 Å². The Kier molecular flexibility index (Phi) is 6.29. The summed E-state index contributed by atoms with van der Waals surface area (Å²) in [6.07, 6.45) is 4.55. The molecule has 6 nitrogen and oxygen atoms in total. The van der Waals surface area contributed by atoms with Gasteiger partial charge >= 0.3 is 0 Å². The Hall–Kier alpha value is -2.89. The number of pyridine rings is 1. The number of benzene rings is 1. The number of aromatic nitrogens is 1. The molecule has 1 aliphatic heterocycles. The lowest BCUT2D eigenvalue weighted by Gasteiger charge is -2.34. The van der Waals surface area contributed by atoms with Gasteiger partial charge in [0.25, 0.3) is 0 Å². The van der Waals surface area contributed by atoms with Crippen molar-refractivity contribution in [1.82, 2.24) is 14.8 Å². The van der Waals surface area contributed by atoms with Crippen molar-refractivity contribution in [2.75, 3.05) is 20.7 Å². The molecule has 0 N–H and O–H groups in total. The average Bonchev–Trinajstić information content (AvgIpc) is 2.71. The van der Waals surface area contributed by atoms with Crippen LogP contribution in [0.4, 0.5) is 0 Å². The molecule has 1 aromatic heterocycles. The molecule has 3 rings (SSSR count). The molecule has 1 aliphatic rings. The summed E-state index contributed by atoms with van der Waals surface area (Å²) in [7, 11) is 3.45. The SMILES string of the molecule is COc1ccccc1CN1CC(C(=O)N(C)Cc2ccncc2C)CCC1=O. The Morgan fingerprint density at radius 2 is 2.07 bits per heavy atom. The van der Waals surface area contributed by atoms with Crippen molar-refractivity contribution >= 4 is 11.8 Å². The molecule has 0 bridgehead atoms. The second kappa shape index (κ2) is 8.87. The van der Waals surface area contributed by atoms with Crippen LogP contribution < -0.4 is 4.74 Å². The van der Waals surface area contributed by atoms with Gasteiger partial charge < -0.3 is 14.5 Å². The lowest BCUT2D eigenvalue weighted by molar-refractivity contribution is -0.143. The Balaban J connectivity index is 1.67. The van der Waals surface area contributed by atoms with Crippen LogP contribution in [0.1, 0.15) is 29.5 Å². The fourth-order valence-corrected chi connectivity index (χ4v) is 3.63. The molecular weight excluding hydrogens is 354 g/mol. The molecular formula is C22H27N3O3. The van der Waals surface area contributed by atoms with Crippen LogP contribution in [0.2, 0.25) is 0 Å². The van der Waals surface area contributed by atoms with E-state index in [-0.39, 0.29) is 17.7 Å². The highest BCUT2D eigenvalue weighted by atomic mass is 16.5. The van der Waals surface area contributed by atoms with Crippen molar-refractivity contribution in [3.05, 3.63) is 59.4 Å². The van der Waals surface area contributed by atoms with Crippen LogP contribution in [0, 0.1) is 12.8 Å². The Labute approximate surface area is 166 Å². The highest BCUT2D eigenvalue weighted by Gasteiger charge is 2.32. The van der Waals surface area contributed by atoms with E-state index in [2.05, 4.69) is 4.98 Å². The largest absolute Gasteiger partial charge is 0.496 e. The zero-order valence-electron chi connectivity index (χ0n) is 16.7. The maximum Gasteiger partial charge on any atom is 0.227 e. The molecule has 6 heteroatoms. The van der Waals surface area contributed by atoms with E-state index in [0.29, 0.717) is 32.5 Å². The van der Waals surface area contributed by atoms with Crippen molar-refractivity contribution in [2.45, 2.75) is 32.9 Å². The molecule has 1 atom stereocenters. The molecule has 148 valence electrons. The number of carbonyl (C=O) groups excluding carboxylic acids is 2. The van der Waals surface area contributed by atoms with Crippen LogP contribution in [0.25, 0.3) is 0 Å². The summed E-state index contributed by atoms with van der Waals surface area (Å²) in [5.74, 6) is 0.741. The molecule has 1 aromatic carbocycles. The van der Waals surface area contributed by atoms with Gasteiger partial charge in [0.05, 0.1) is 13.0 Å². The first-order chi connectivity index (χ1) is 13.5. The smallest absolute Gasteiger partial charge is 0.227 e. The predicted octanol–water partition coefficient (Wildman–Crippen LogP) is 2.80. The molecule has 1 fully saturated rings. The van der Waals surface area contributed by atoms with Crippen molar-refractivity contribution in [3.8, 4) is 5.75 Å². The topological polar surface area (TPSA) is 62.7 Å². The van der Waals surface area contributed by atoms with Gasteiger partial charge in [-0.3, -0.25) is 14.6 Å². The van der Waals surface area contributed by atoms with Gasteiger partial charge in [0.2, 0.25) is 11.8 Å². The Bertz CT molecular complexity index is 852. The maximum atomic E-state index is 13.0. The number of hydrogen-bond donors (Lipinski definition) is 0. The summed E-state index contributed by atoms with van der Waals surface area (Å²) in [6.45, 7) is 3.44. The summed E-state index contributed by atoms with van der Waals surface area (Å²) < 4.78 is 5.39. The minimum atomic E-state index is -0.181. The van der Waals surface area contributed by atoms with Crippen molar-refractivity contribution in [1.29, 1.82) is 0 Å². The number of aryl methyl sites for hydroxylation is 1. The van der Waals surface area contributed by atoms with Gasteiger partial charge in [-0.15, -0.1) is 0 Å². The van der Waals surface area contributed by atoms with Gasteiger partial charge in [0.1, 0.15) is 5.75 Å². The van der Waals surface area contributed by atoms with E-state index >= 15 is 0 Å². The van der Waals surface area contributed by atoms with Crippen LogP contribution in [-0.2, 0) is 22.7 Å². The van der Waals surface area contributed by atoms with Gasteiger partial charge in [-0.1, -0.05) is 18.2 Å². The summed E-state index contributed by atoms with van der Waals surface area (Å²) in [5.41, 5.74) is 3.11. The zero-order chi connectivity index (χ0) is 20.1. The van der Waals surface area contributed by atoms with E-state index in [1.54, 1.807) is 23.1 Å². The van der Waals surface area contributed by atoms with Gasteiger partial charge in [0, 0.05) is 51.1 Å². The third kappa shape index (κ3) is 4.50. The third-order valence-corrected chi connectivity index (χ3v) is 5.32. The lowest BCUT2D eigenvalue weighted by atomic mass is 9.95. The molecule has 1 unspecified atom stereocenters. The molecule has 1 saturated heterocycles. The summed E-state index contributed by atoms with van der Waals surface area (Å²) in [5, 5.41) is 0. The number of para-hydroxylation sites is 1. The van der Waals surface area contributed by atoms with E-state index in [0.717, 1.165) is 22.4 Å². The molecule has 0 radical (unpaired) electrons. The first kappa shape index (κ1) is 19.9. The van der Waals surface area contributed by atoms with Crippen LogP contribution in [0.15, 0.2) is 42.7 Å². The van der Waals surface area contributed by atoms with Crippen LogP contribution in [0.3, 0.4) is 0 Å². The van der Waals surface area contributed by atoms with Gasteiger partial charge in [-0.25, -0.2) is 0 Å². The fraction of sp³-hybridized carbons (Fsp3) is 0.409. The van der Waals surface area contributed by atoms with Crippen LogP contribution in [-0.4, -0.2) is 47.3 Å². The number of amides is 2. The molecule has 2 amide bonds. The molecule has 2 heterocycles. The quantitative estimate of drug-likeness (QED) is 0.772. The first-order valence-corrected chi connectivity index (χ1v) is 9.53. The highest BCUT2D eigenvalue weighted by Crippen LogP contribution is 2.25. The number of methoxy groups -OCH3 is 1. The van der Waals surface area contributed by atoms with Crippen molar-refractivity contribution in [3.63, 3.8) is 0 Å². The number of hydrogen-bond acceptors (Lipinski definition) is 4. The number of rotatable bonds is 6. The summed E-state index contributed by atoms with van der Waals surface area (Å²) in [6, 6.07) is 9.62. The van der Waals surface area contributed by atoms with E-state index in [1.807, 2.05) is 50.5 Å². The Morgan fingerprint density at radius 1 is 1.29 bits per heavy atom. The van der Waals surface area contributed by atoms with E-state index in [9.17, 15) is 9.59 Å². The zero-order valence-corrected chi connectivity index (χ0v) is 16.7. The normalized spacial score (nSPS) is 16.8. The highest BCUT2D eigenvalue weighted by molar-refractivity contribution is 5.83. The van der Waals surface area contributed by atoms with E-state index in [4.69, 9.17) is 4.74 Å². The number of likely N-dealkylation sites (tertiary alicyclic amines) is 1. The maximum absolute atomic E-state index is 13.0. The van der Waals surface area contributed by atoms with Crippen LogP contribution >= 0.6 is 0 Å². The van der Waals surface area contributed by atoms with Gasteiger partial charge in [0.15, 0.2) is 0 Å². The fourth-order valence-electron chi connectivity index (χ4n) is 3.63. The van der Waals surface area contributed by atoms with E-state index < -0.39 is 0 Å². The summed E-state index contributed by atoms with van der Waals surface area (Å²) in [4.78, 5) is 33.0. The molecule has 0 saturated carbocycles. The number of piperidine rings is 1. The number of carbonyl (C=O) groups is 2. The second-order valence-electron chi connectivity index (χ2n) is 7.32. The minimum Gasteiger partial charge on any atom is -0.496 e. The average molecular weight is 381 g/mol.